The van der Waals surface area contributed by atoms with E-state index in [1.165, 1.54) is 0 Å². The summed E-state index contributed by atoms with van der Waals surface area (Å²) in [6, 6.07) is 8.32. The van der Waals surface area contributed by atoms with Crippen molar-refractivity contribution in [3.8, 4) is 0 Å². The molecule has 1 aliphatic rings. The quantitative estimate of drug-likeness (QED) is 0.878. The minimum Gasteiger partial charge on any atom is -0.361 e. The Hall–Kier alpha value is -1.81. The minimum absolute atomic E-state index is 0.192. The predicted molar refractivity (Wildman–Crippen MR) is 75.8 cm³/mol. The lowest BCUT2D eigenvalue weighted by Crippen LogP contribution is -2.40. The monoisotopic (exact) mass is 257 g/mol. The van der Waals surface area contributed by atoms with Crippen LogP contribution in [-0.2, 0) is 11.2 Å². The van der Waals surface area contributed by atoms with Gasteiger partial charge < -0.3 is 15.6 Å². The van der Waals surface area contributed by atoms with Gasteiger partial charge in [-0.05, 0) is 24.5 Å². The molecule has 1 atom stereocenters. The van der Waals surface area contributed by atoms with E-state index in [9.17, 15) is 4.79 Å². The standard InChI is InChI=1S/C15H19N3O/c16-9-12-4-3-7-18(12)15(19)8-11-10-17-14-6-2-1-5-13(11)14/h1-2,5-6,10,12,17H,3-4,7-9,16H2. The van der Waals surface area contributed by atoms with Crippen LogP contribution in [0.2, 0.25) is 0 Å². The van der Waals surface area contributed by atoms with E-state index in [-0.39, 0.29) is 11.9 Å². The van der Waals surface area contributed by atoms with Crippen LogP contribution in [0.15, 0.2) is 30.5 Å². The van der Waals surface area contributed by atoms with Crippen LogP contribution < -0.4 is 5.73 Å². The summed E-state index contributed by atoms with van der Waals surface area (Å²) in [6.45, 7) is 1.42. The Balaban J connectivity index is 1.79. The van der Waals surface area contributed by atoms with Gasteiger partial charge in [-0.2, -0.15) is 0 Å². The molecule has 2 aromatic rings. The Kier molecular flexibility index (Phi) is 3.25. The van der Waals surface area contributed by atoms with E-state index in [0.717, 1.165) is 35.9 Å². The van der Waals surface area contributed by atoms with Crippen LogP contribution in [-0.4, -0.2) is 34.9 Å². The van der Waals surface area contributed by atoms with Crippen molar-refractivity contribution >= 4 is 16.8 Å². The molecule has 1 unspecified atom stereocenters. The van der Waals surface area contributed by atoms with Crippen molar-refractivity contribution < 1.29 is 4.79 Å². The zero-order valence-electron chi connectivity index (χ0n) is 10.9. The Labute approximate surface area is 112 Å². The highest BCUT2D eigenvalue weighted by Gasteiger charge is 2.27. The average molecular weight is 257 g/mol. The molecular weight excluding hydrogens is 238 g/mol. The second-order valence-corrected chi connectivity index (χ2v) is 5.16. The molecule has 1 fully saturated rings. The summed E-state index contributed by atoms with van der Waals surface area (Å²) in [5, 5.41) is 1.14. The van der Waals surface area contributed by atoms with Gasteiger partial charge in [-0.15, -0.1) is 0 Å². The molecule has 19 heavy (non-hydrogen) atoms. The van der Waals surface area contributed by atoms with Gasteiger partial charge in [0.1, 0.15) is 0 Å². The first-order valence-corrected chi connectivity index (χ1v) is 6.84. The first-order valence-electron chi connectivity index (χ1n) is 6.84. The lowest BCUT2D eigenvalue weighted by atomic mass is 10.1. The lowest BCUT2D eigenvalue weighted by Gasteiger charge is -2.23. The van der Waals surface area contributed by atoms with Crippen LogP contribution in [0.3, 0.4) is 0 Å². The van der Waals surface area contributed by atoms with Crippen LogP contribution in [0.5, 0.6) is 0 Å². The topological polar surface area (TPSA) is 62.1 Å². The van der Waals surface area contributed by atoms with E-state index in [4.69, 9.17) is 5.73 Å². The van der Waals surface area contributed by atoms with Gasteiger partial charge in [0, 0.05) is 36.2 Å². The van der Waals surface area contributed by atoms with E-state index in [1.807, 2.05) is 29.3 Å². The van der Waals surface area contributed by atoms with Crippen LogP contribution in [0.25, 0.3) is 10.9 Å². The molecule has 0 saturated carbocycles. The smallest absolute Gasteiger partial charge is 0.227 e. The maximum atomic E-state index is 12.4. The number of hydrogen-bond acceptors (Lipinski definition) is 2. The number of carbonyl (C=O) groups excluding carboxylic acids is 1. The second-order valence-electron chi connectivity index (χ2n) is 5.16. The molecule has 1 amide bonds. The van der Waals surface area contributed by atoms with Gasteiger partial charge in [0.25, 0.3) is 0 Å². The molecule has 3 rings (SSSR count). The van der Waals surface area contributed by atoms with Crippen molar-refractivity contribution in [3.63, 3.8) is 0 Å². The fourth-order valence-corrected chi connectivity index (χ4v) is 2.95. The highest BCUT2D eigenvalue weighted by atomic mass is 16.2. The maximum absolute atomic E-state index is 12.4. The number of aromatic nitrogens is 1. The number of benzene rings is 1. The molecule has 2 heterocycles. The third kappa shape index (κ3) is 2.24. The third-order valence-electron chi connectivity index (χ3n) is 3.99. The zero-order chi connectivity index (χ0) is 13.2. The first kappa shape index (κ1) is 12.2. The van der Waals surface area contributed by atoms with Crippen molar-refractivity contribution in [2.45, 2.75) is 25.3 Å². The molecule has 3 N–H and O–H groups in total. The highest BCUT2D eigenvalue weighted by molar-refractivity contribution is 5.89. The lowest BCUT2D eigenvalue weighted by molar-refractivity contribution is -0.131. The Bertz CT molecular complexity index is 590. The molecule has 4 nitrogen and oxygen atoms in total. The van der Waals surface area contributed by atoms with Gasteiger partial charge in [-0.25, -0.2) is 0 Å². The SMILES string of the molecule is NCC1CCCN1C(=O)Cc1c[nH]c2ccccc12. The van der Waals surface area contributed by atoms with Gasteiger partial charge in [-0.1, -0.05) is 18.2 Å². The summed E-state index contributed by atoms with van der Waals surface area (Å²) in [5.74, 6) is 0.192. The van der Waals surface area contributed by atoms with Crippen molar-refractivity contribution in [1.29, 1.82) is 0 Å². The Morgan fingerprint density at radius 3 is 3.11 bits per heavy atom. The van der Waals surface area contributed by atoms with Crippen molar-refractivity contribution in [1.82, 2.24) is 9.88 Å². The van der Waals surface area contributed by atoms with Crippen LogP contribution >= 0.6 is 0 Å². The molecule has 1 aromatic carbocycles. The maximum Gasteiger partial charge on any atom is 0.227 e. The van der Waals surface area contributed by atoms with E-state index < -0.39 is 0 Å². The van der Waals surface area contributed by atoms with Crippen LogP contribution in [0.4, 0.5) is 0 Å². The van der Waals surface area contributed by atoms with Gasteiger partial charge in [0.05, 0.1) is 6.42 Å². The van der Waals surface area contributed by atoms with Crippen LogP contribution in [0, 0.1) is 0 Å². The number of hydrogen-bond donors (Lipinski definition) is 2. The van der Waals surface area contributed by atoms with Crippen molar-refractivity contribution in [2.75, 3.05) is 13.1 Å². The summed E-state index contributed by atoms with van der Waals surface area (Å²) >= 11 is 0. The number of amides is 1. The van der Waals surface area contributed by atoms with Crippen molar-refractivity contribution in [3.05, 3.63) is 36.0 Å². The fraction of sp³-hybridized carbons (Fsp3) is 0.400. The predicted octanol–water partition coefficient (Wildman–Crippen LogP) is 1.66. The molecular formula is C15H19N3O. The Morgan fingerprint density at radius 2 is 2.26 bits per heavy atom. The number of fused-ring (bicyclic) bond motifs is 1. The van der Waals surface area contributed by atoms with Gasteiger partial charge >= 0.3 is 0 Å². The van der Waals surface area contributed by atoms with Crippen LogP contribution in [0.1, 0.15) is 18.4 Å². The second kappa shape index (κ2) is 5.05. The number of para-hydroxylation sites is 1. The number of nitrogens with zero attached hydrogens (tertiary/aromatic N) is 1. The summed E-state index contributed by atoms with van der Waals surface area (Å²) in [5.41, 5.74) is 7.88. The largest absolute Gasteiger partial charge is 0.361 e. The third-order valence-corrected chi connectivity index (χ3v) is 3.99. The Morgan fingerprint density at radius 1 is 1.42 bits per heavy atom. The summed E-state index contributed by atoms with van der Waals surface area (Å²) in [6.07, 6.45) is 4.51. The summed E-state index contributed by atoms with van der Waals surface area (Å²) in [4.78, 5) is 17.5. The number of carbonyl (C=O) groups is 1. The molecule has 0 bridgehead atoms. The van der Waals surface area contributed by atoms with E-state index in [0.29, 0.717) is 13.0 Å². The molecule has 0 aliphatic carbocycles. The zero-order valence-corrected chi connectivity index (χ0v) is 10.9. The number of aromatic amines is 1. The number of rotatable bonds is 3. The molecule has 1 aromatic heterocycles. The highest BCUT2D eigenvalue weighted by Crippen LogP contribution is 2.21. The van der Waals surface area contributed by atoms with Crippen molar-refractivity contribution in [2.24, 2.45) is 5.73 Å². The molecule has 100 valence electrons. The number of H-pyrrole nitrogens is 1. The number of nitrogens with two attached hydrogens (primary N) is 1. The first-order chi connectivity index (χ1) is 9.29. The molecule has 0 radical (unpaired) electrons. The van der Waals surface area contributed by atoms with Gasteiger partial charge in [-0.3, -0.25) is 4.79 Å². The summed E-state index contributed by atoms with van der Waals surface area (Å²) < 4.78 is 0. The number of likely N-dealkylation sites (tertiary alicyclic amines) is 1. The fourth-order valence-electron chi connectivity index (χ4n) is 2.95. The average Bonchev–Trinajstić information content (AvgIpc) is 3.05. The van der Waals surface area contributed by atoms with Gasteiger partial charge in [0.2, 0.25) is 5.91 Å². The molecule has 0 spiro atoms. The van der Waals surface area contributed by atoms with E-state index >= 15 is 0 Å². The molecule has 4 heteroatoms. The minimum atomic E-state index is 0.192. The number of nitrogens with one attached hydrogen (secondary N) is 1. The van der Waals surface area contributed by atoms with E-state index in [2.05, 4.69) is 11.1 Å². The molecule has 1 aliphatic heterocycles. The molecule has 1 saturated heterocycles. The normalized spacial score (nSPS) is 19.2. The van der Waals surface area contributed by atoms with Gasteiger partial charge in [0.15, 0.2) is 0 Å². The summed E-state index contributed by atoms with van der Waals surface area (Å²) in [7, 11) is 0. The van der Waals surface area contributed by atoms with E-state index in [1.54, 1.807) is 0 Å².